The summed E-state index contributed by atoms with van der Waals surface area (Å²) in [5.41, 5.74) is 0. The van der Waals surface area contributed by atoms with Crippen molar-refractivity contribution in [3.05, 3.63) is 46.0 Å². The van der Waals surface area contributed by atoms with Crippen LogP contribution in [0.1, 0.15) is 4.28 Å². The van der Waals surface area contributed by atoms with Crippen molar-refractivity contribution < 1.29 is 19.5 Å². The minimum absolute atomic E-state index is 0. The van der Waals surface area contributed by atoms with E-state index in [2.05, 4.69) is 0 Å². The van der Waals surface area contributed by atoms with Gasteiger partial charge in [-0.2, -0.15) is 0 Å². The second-order valence-corrected chi connectivity index (χ2v) is 0.671. The fourth-order valence-corrected chi connectivity index (χ4v) is 0. The topological polar surface area (TPSA) is 199 Å². The van der Waals surface area contributed by atoms with Gasteiger partial charge in [0, 0.05) is 0 Å². The van der Waals surface area contributed by atoms with Crippen molar-refractivity contribution in [2.45, 2.75) is 0 Å². The third-order valence-electron chi connectivity index (χ3n) is 0. The van der Waals surface area contributed by atoms with Gasteiger partial charge in [-0.15, -0.1) is 0 Å². The van der Waals surface area contributed by atoms with Gasteiger partial charge in [-0.25, -0.2) is 0 Å². The predicted molar refractivity (Wildman–Crippen MR) is 45.9 cm³/mol. The molecule has 0 unspecified atom stereocenters. The van der Waals surface area contributed by atoms with Gasteiger partial charge in [0.05, 0.1) is 15.3 Å². The molecule has 0 bridgehead atoms. The van der Waals surface area contributed by atoms with Crippen LogP contribution in [0.4, 0.5) is 0 Å². The van der Waals surface area contributed by atoms with Gasteiger partial charge in [0.2, 0.25) is 0 Å². The molecule has 0 aliphatic carbocycles. The van der Waals surface area contributed by atoms with E-state index in [1.165, 1.54) is 0 Å². The van der Waals surface area contributed by atoms with Gasteiger partial charge in [-0.05, 0) is 0 Å². The average molecular weight is 328 g/mol. The number of nitrogens with zero attached hydrogens (tertiary/aromatic N) is 3. The van der Waals surface area contributed by atoms with Gasteiger partial charge in [0.15, 0.2) is 0 Å². The van der Waals surface area contributed by atoms with Crippen molar-refractivity contribution in [2.24, 2.45) is 0 Å². The fraction of sp³-hybridized carbons (Fsp3) is 0. The molecule has 0 aliphatic heterocycles. The van der Waals surface area contributed by atoms with E-state index < -0.39 is 15.3 Å². The summed E-state index contributed by atoms with van der Waals surface area (Å²) in [6.07, 6.45) is 0. The molecule has 0 aliphatic rings. The quantitative estimate of drug-likeness (QED) is 0.299. The molecule has 14 heteroatoms. The number of rotatable bonds is 0. The molecule has 0 fully saturated rings. The van der Waals surface area contributed by atoms with Crippen LogP contribution in [-0.4, -0.2) is 54.8 Å². The molecule has 12 nitrogen and oxygen atoms in total. The Hall–Kier alpha value is -1.13. The predicted octanol–water partition coefficient (Wildman–Crippen LogP) is -1.14. The Morgan fingerprint density at radius 2 is 0.571 bits per heavy atom. The zero-order chi connectivity index (χ0) is 10.7. The summed E-state index contributed by atoms with van der Waals surface area (Å²) in [5.74, 6) is 0. The van der Waals surface area contributed by atoms with Crippen LogP contribution in [-0.2, 0) is 0 Å². The maximum absolute atomic E-state index is 8.25. The zero-order valence-electron chi connectivity index (χ0n) is 9.17. The molecular formula is H3Ga2N3O9. The fourth-order valence-electron chi connectivity index (χ4n) is 0. The van der Waals surface area contributed by atoms with Crippen LogP contribution in [0.3, 0.4) is 0 Å². The van der Waals surface area contributed by atoms with Crippen LogP contribution >= 0.6 is 0 Å². The molecule has 0 rings (SSSR count). The van der Waals surface area contributed by atoms with Gasteiger partial charge in [-0.1, -0.05) is 0 Å². The third kappa shape index (κ3) is 834. The van der Waals surface area contributed by atoms with Gasteiger partial charge in [0.1, 0.15) is 0 Å². The number of hydrogen-bond donors (Lipinski definition) is 0. The van der Waals surface area contributed by atoms with Crippen molar-refractivity contribution >= 4 is 39.6 Å². The van der Waals surface area contributed by atoms with Crippen LogP contribution in [0.2, 0.25) is 0 Å². The molecule has 0 aromatic heterocycles. The third-order valence-corrected chi connectivity index (χ3v) is 0. The van der Waals surface area contributed by atoms with E-state index in [0.29, 0.717) is 0 Å². The monoisotopic (exact) mass is 327 g/mol. The van der Waals surface area contributed by atoms with E-state index in [9.17, 15) is 0 Å². The van der Waals surface area contributed by atoms with E-state index in [1.54, 1.807) is 0 Å². The molecule has 0 radical (unpaired) electrons. The van der Waals surface area contributed by atoms with E-state index in [1.807, 2.05) is 0 Å². The first-order valence-corrected chi connectivity index (χ1v) is 1.64. The number of hydrogen-bond acceptors (Lipinski definition) is 9. The maximum atomic E-state index is 8.25. The first-order valence-electron chi connectivity index (χ1n) is 1.64. The van der Waals surface area contributed by atoms with Crippen molar-refractivity contribution in [1.29, 1.82) is 0 Å². The maximum Gasteiger partial charge on any atom is 3.00 e. The second-order valence-electron chi connectivity index (χ2n) is 0.671. The van der Waals surface area contributed by atoms with Crippen LogP contribution in [0.25, 0.3) is 0 Å². The van der Waals surface area contributed by atoms with Crippen molar-refractivity contribution in [1.82, 2.24) is 0 Å². The second kappa shape index (κ2) is 22.6. The molecule has 14 heavy (non-hydrogen) atoms. The minimum atomic E-state index is -1.75. The first-order chi connectivity index (χ1) is 5.20. The normalized spacial score (nSPS) is 5.14. The molecule has 0 aromatic carbocycles. The van der Waals surface area contributed by atoms with Crippen LogP contribution in [0, 0.1) is 46.0 Å². The summed E-state index contributed by atoms with van der Waals surface area (Å²) in [5, 5.41) is 44.2. The molecule has 0 saturated carbocycles. The Morgan fingerprint density at radius 1 is 0.571 bits per heavy atom. The molecular weight excluding hydrogens is 325 g/mol. The van der Waals surface area contributed by atoms with Crippen molar-refractivity contribution in [3.63, 3.8) is 0 Å². The van der Waals surface area contributed by atoms with E-state index in [-0.39, 0.29) is 43.9 Å². The molecule has 0 spiro atoms. The van der Waals surface area contributed by atoms with Crippen LogP contribution < -0.4 is 0 Å². The zero-order valence-corrected chi connectivity index (χ0v) is 11.0. The smallest absolute Gasteiger partial charge is 1.00 e. The Balaban J connectivity index is -0.0000000104. The SMILES string of the molecule is O=[N+]([O-])[O-].O=[N+]([O-])[O-].O=[N+]([O-])[O-].[Ga+3].[Ga+3].[H-].[H-].[H-]. The molecule has 0 atom stereocenters. The average Bonchev–Trinajstić information content (AvgIpc) is 1.54. The van der Waals surface area contributed by atoms with Gasteiger partial charge in [-0.3, -0.25) is 0 Å². The van der Waals surface area contributed by atoms with E-state index in [4.69, 9.17) is 46.0 Å². The summed E-state index contributed by atoms with van der Waals surface area (Å²) < 4.78 is 0. The Labute approximate surface area is 105 Å². The summed E-state index contributed by atoms with van der Waals surface area (Å²) in [6.45, 7) is 0. The minimum Gasteiger partial charge on any atom is -1.00 e. The molecule has 78 valence electrons. The molecule has 0 saturated heterocycles. The molecule has 0 aromatic rings. The molecule has 0 N–H and O–H groups in total. The summed E-state index contributed by atoms with van der Waals surface area (Å²) in [6, 6.07) is 0. The summed E-state index contributed by atoms with van der Waals surface area (Å²) in [7, 11) is 0. The van der Waals surface area contributed by atoms with Gasteiger partial charge >= 0.3 is 39.6 Å². The summed E-state index contributed by atoms with van der Waals surface area (Å²) >= 11 is 0. The molecule has 0 heterocycles. The van der Waals surface area contributed by atoms with Gasteiger partial charge in [0.25, 0.3) is 0 Å². The van der Waals surface area contributed by atoms with Crippen molar-refractivity contribution in [2.75, 3.05) is 0 Å². The Morgan fingerprint density at radius 3 is 0.571 bits per heavy atom. The van der Waals surface area contributed by atoms with E-state index in [0.717, 1.165) is 0 Å². The van der Waals surface area contributed by atoms with Gasteiger partial charge < -0.3 is 50.2 Å². The Bertz CT molecular complexity index is 127. The van der Waals surface area contributed by atoms with E-state index >= 15 is 0 Å². The van der Waals surface area contributed by atoms with Crippen molar-refractivity contribution in [3.8, 4) is 0 Å². The Kier molecular flexibility index (Phi) is 47.4. The molecule has 0 amide bonds. The van der Waals surface area contributed by atoms with Crippen LogP contribution in [0.5, 0.6) is 0 Å². The van der Waals surface area contributed by atoms with Crippen LogP contribution in [0.15, 0.2) is 0 Å². The summed E-state index contributed by atoms with van der Waals surface area (Å²) in [4.78, 5) is 24.8. The largest absolute Gasteiger partial charge is 3.00 e. The standard InChI is InChI=1S/2Ga.3NO3.3H/c;;3*2-1(3)4;;;/q2*+3;6*-1. The first kappa shape index (κ1) is 29.3.